The molecule has 0 bridgehead atoms. The number of aryl methyl sites for hydroxylation is 1. The average Bonchev–Trinajstić information content (AvgIpc) is 3.19. The van der Waals surface area contributed by atoms with E-state index in [1.165, 1.54) is 15.4 Å². The van der Waals surface area contributed by atoms with Crippen molar-refractivity contribution < 1.29 is 9.18 Å². The molecule has 1 aromatic carbocycles. The van der Waals surface area contributed by atoms with Gasteiger partial charge in [-0.3, -0.25) is 9.20 Å². The Morgan fingerprint density at radius 3 is 2.92 bits per heavy atom. The monoisotopic (exact) mass is 348 g/mol. The highest BCUT2D eigenvalue weighted by molar-refractivity contribution is 5.94. The minimum atomic E-state index is -0.601. The standard InChI is InChI=1S/C20H17FN4O/c1-12-5-4-9-25-18(21)17(23-19(12)25)20(26)24-10-8-14-13-6-2-3-7-15(13)22-16(14)11-24/h2-7,9,22H,8,10-11H2,1H3. The number of imidazole rings is 1. The zero-order valence-corrected chi connectivity index (χ0v) is 14.3. The Balaban J connectivity index is 1.52. The second-order valence-corrected chi connectivity index (χ2v) is 6.74. The molecule has 1 aliphatic rings. The first-order valence-electron chi connectivity index (χ1n) is 8.64. The summed E-state index contributed by atoms with van der Waals surface area (Å²) >= 11 is 0. The lowest BCUT2D eigenvalue weighted by molar-refractivity contribution is 0.0722. The zero-order chi connectivity index (χ0) is 17.8. The van der Waals surface area contributed by atoms with Crippen molar-refractivity contribution in [1.29, 1.82) is 0 Å². The van der Waals surface area contributed by atoms with Gasteiger partial charge in [0.25, 0.3) is 5.91 Å². The number of carbonyl (C=O) groups is 1. The van der Waals surface area contributed by atoms with E-state index in [4.69, 9.17) is 0 Å². The molecule has 4 aromatic rings. The molecule has 5 nitrogen and oxygen atoms in total. The quantitative estimate of drug-likeness (QED) is 0.573. The number of nitrogens with one attached hydrogen (secondary N) is 1. The Labute approximate surface area is 149 Å². The molecule has 0 aliphatic carbocycles. The summed E-state index contributed by atoms with van der Waals surface area (Å²) in [6, 6.07) is 11.7. The topological polar surface area (TPSA) is 53.4 Å². The summed E-state index contributed by atoms with van der Waals surface area (Å²) in [6.45, 7) is 2.85. The van der Waals surface area contributed by atoms with Crippen LogP contribution < -0.4 is 0 Å². The second-order valence-electron chi connectivity index (χ2n) is 6.74. The first-order chi connectivity index (χ1) is 12.6. The van der Waals surface area contributed by atoms with Crippen LogP contribution in [0.2, 0.25) is 0 Å². The molecule has 1 N–H and O–H groups in total. The van der Waals surface area contributed by atoms with Crippen LogP contribution >= 0.6 is 0 Å². The van der Waals surface area contributed by atoms with E-state index in [1.807, 2.05) is 31.2 Å². The molecule has 0 saturated carbocycles. The van der Waals surface area contributed by atoms with Gasteiger partial charge in [-0.05, 0) is 36.6 Å². The third-order valence-electron chi connectivity index (χ3n) is 5.16. The number of nitrogens with zero attached hydrogens (tertiary/aromatic N) is 3. The van der Waals surface area contributed by atoms with Gasteiger partial charge in [0.2, 0.25) is 5.95 Å². The van der Waals surface area contributed by atoms with Crippen LogP contribution in [0.15, 0.2) is 42.6 Å². The molecule has 1 amide bonds. The normalized spacial score (nSPS) is 14.2. The van der Waals surface area contributed by atoms with Crippen molar-refractivity contribution in [3.05, 3.63) is 71.1 Å². The van der Waals surface area contributed by atoms with E-state index in [-0.39, 0.29) is 11.6 Å². The number of carbonyl (C=O) groups excluding carboxylic acids is 1. The van der Waals surface area contributed by atoms with Gasteiger partial charge in [0.1, 0.15) is 5.65 Å². The molecule has 0 radical (unpaired) electrons. The molecule has 5 rings (SSSR count). The lowest BCUT2D eigenvalue weighted by Gasteiger charge is -2.26. The van der Waals surface area contributed by atoms with E-state index < -0.39 is 5.95 Å². The van der Waals surface area contributed by atoms with Crippen LogP contribution in [0.4, 0.5) is 4.39 Å². The molecule has 0 saturated heterocycles. The fourth-order valence-corrected chi connectivity index (χ4v) is 3.83. The number of hydrogen-bond donors (Lipinski definition) is 1. The molecule has 0 unspecified atom stereocenters. The molecular weight excluding hydrogens is 331 g/mol. The van der Waals surface area contributed by atoms with E-state index in [2.05, 4.69) is 16.0 Å². The molecule has 0 spiro atoms. The lowest BCUT2D eigenvalue weighted by atomic mass is 10.0. The van der Waals surface area contributed by atoms with Crippen LogP contribution in [0.1, 0.15) is 27.3 Å². The number of fused-ring (bicyclic) bond motifs is 4. The maximum atomic E-state index is 14.7. The van der Waals surface area contributed by atoms with Gasteiger partial charge in [0.15, 0.2) is 5.69 Å². The number of aromatic amines is 1. The summed E-state index contributed by atoms with van der Waals surface area (Å²) in [5.41, 5.74) is 4.54. The summed E-state index contributed by atoms with van der Waals surface area (Å²) in [5, 5.41) is 1.20. The van der Waals surface area contributed by atoms with Crippen molar-refractivity contribution >= 4 is 22.5 Å². The van der Waals surface area contributed by atoms with Crippen molar-refractivity contribution in [3.63, 3.8) is 0 Å². The molecule has 26 heavy (non-hydrogen) atoms. The number of pyridine rings is 1. The van der Waals surface area contributed by atoms with Crippen LogP contribution in [0.5, 0.6) is 0 Å². The SMILES string of the molecule is Cc1cccn2c(F)c(C(=O)N3CCc4c([nH]c5ccccc45)C3)nc12. The number of aromatic nitrogens is 3. The minimum absolute atomic E-state index is 0.112. The molecular formula is C20H17FN4O. The number of para-hydroxylation sites is 1. The van der Waals surface area contributed by atoms with Crippen molar-refractivity contribution in [3.8, 4) is 0 Å². The van der Waals surface area contributed by atoms with Gasteiger partial charge in [-0.15, -0.1) is 0 Å². The van der Waals surface area contributed by atoms with E-state index in [9.17, 15) is 9.18 Å². The highest BCUT2D eigenvalue weighted by Crippen LogP contribution is 2.28. The number of H-pyrrole nitrogens is 1. The Hall–Kier alpha value is -3.15. The highest BCUT2D eigenvalue weighted by atomic mass is 19.1. The summed E-state index contributed by atoms with van der Waals surface area (Å²) in [7, 11) is 0. The van der Waals surface area contributed by atoms with E-state index in [0.29, 0.717) is 18.7 Å². The zero-order valence-electron chi connectivity index (χ0n) is 14.3. The number of halogens is 1. The first kappa shape index (κ1) is 15.1. The largest absolute Gasteiger partial charge is 0.357 e. The summed E-state index contributed by atoms with van der Waals surface area (Å²) in [5.74, 6) is -0.967. The van der Waals surface area contributed by atoms with Gasteiger partial charge in [-0.2, -0.15) is 4.39 Å². The van der Waals surface area contributed by atoms with Crippen LogP contribution in [0.25, 0.3) is 16.6 Å². The molecule has 0 fully saturated rings. The first-order valence-corrected chi connectivity index (χ1v) is 8.64. The van der Waals surface area contributed by atoms with Gasteiger partial charge >= 0.3 is 0 Å². The van der Waals surface area contributed by atoms with Crippen LogP contribution in [0, 0.1) is 12.9 Å². The number of rotatable bonds is 1. The minimum Gasteiger partial charge on any atom is -0.357 e. The predicted molar refractivity (Wildman–Crippen MR) is 96.6 cm³/mol. The Kier molecular flexibility index (Phi) is 3.16. The van der Waals surface area contributed by atoms with Gasteiger partial charge in [-0.1, -0.05) is 24.3 Å². The summed E-state index contributed by atoms with van der Waals surface area (Å²) < 4.78 is 16.1. The van der Waals surface area contributed by atoms with Crippen LogP contribution in [-0.4, -0.2) is 31.7 Å². The third kappa shape index (κ3) is 2.08. The Morgan fingerprint density at radius 2 is 2.08 bits per heavy atom. The van der Waals surface area contributed by atoms with Crippen molar-refractivity contribution in [2.24, 2.45) is 0 Å². The maximum absolute atomic E-state index is 14.7. The predicted octanol–water partition coefficient (Wildman–Crippen LogP) is 3.46. The fourth-order valence-electron chi connectivity index (χ4n) is 3.83. The number of benzene rings is 1. The smallest absolute Gasteiger partial charge is 0.277 e. The Bertz CT molecular complexity index is 1170. The molecule has 0 atom stereocenters. The Morgan fingerprint density at radius 1 is 1.23 bits per heavy atom. The molecule has 3 aromatic heterocycles. The lowest BCUT2D eigenvalue weighted by Crippen LogP contribution is -2.36. The maximum Gasteiger partial charge on any atom is 0.277 e. The van der Waals surface area contributed by atoms with Gasteiger partial charge in [-0.25, -0.2) is 4.98 Å². The van der Waals surface area contributed by atoms with Gasteiger partial charge in [0.05, 0.1) is 6.54 Å². The van der Waals surface area contributed by atoms with Crippen molar-refractivity contribution in [2.75, 3.05) is 6.54 Å². The van der Waals surface area contributed by atoms with Crippen molar-refractivity contribution in [2.45, 2.75) is 19.9 Å². The molecule has 4 heterocycles. The second kappa shape index (κ2) is 5.42. The van der Waals surface area contributed by atoms with Crippen molar-refractivity contribution in [1.82, 2.24) is 19.3 Å². The third-order valence-corrected chi connectivity index (χ3v) is 5.16. The number of hydrogen-bond acceptors (Lipinski definition) is 2. The number of amides is 1. The molecule has 6 heteroatoms. The van der Waals surface area contributed by atoms with Crippen LogP contribution in [0.3, 0.4) is 0 Å². The van der Waals surface area contributed by atoms with Gasteiger partial charge < -0.3 is 9.88 Å². The van der Waals surface area contributed by atoms with E-state index >= 15 is 0 Å². The van der Waals surface area contributed by atoms with Gasteiger partial charge in [0, 0.05) is 29.3 Å². The molecule has 1 aliphatic heterocycles. The van der Waals surface area contributed by atoms with E-state index in [0.717, 1.165) is 23.2 Å². The summed E-state index contributed by atoms with van der Waals surface area (Å²) in [4.78, 5) is 22.2. The summed E-state index contributed by atoms with van der Waals surface area (Å²) in [6.07, 6.45) is 2.34. The molecule has 130 valence electrons. The van der Waals surface area contributed by atoms with Crippen LogP contribution in [-0.2, 0) is 13.0 Å². The van der Waals surface area contributed by atoms with E-state index in [1.54, 1.807) is 17.2 Å². The fraction of sp³-hybridized carbons (Fsp3) is 0.200. The average molecular weight is 348 g/mol. The highest BCUT2D eigenvalue weighted by Gasteiger charge is 2.29.